The summed E-state index contributed by atoms with van der Waals surface area (Å²) in [5, 5.41) is 0. The SMILES string of the molecule is CC(C)(C)[C@@H]1OC[C@H](c2ccccc2)C(=O)O1. The van der Waals surface area contributed by atoms with Gasteiger partial charge in [-0.1, -0.05) is 51.1 Å². The molecular formula is C14H18O3. The molecule has 2 atom stereocenters. The molecule has 1 aromatic rings. The molecule has 1 fully saturated rings. The summed E-state index contributed by atoms with van der Waals surface area (Å²) in [6, 6.07) is 9.60. The maximum Gasteiger partial charge on any atom is 0.318 e. The molecule has 0 aliphatic carbocycles. The summed E-state index contributed by atoms with van der Waals surface area (Å²) in [5.41, 5.74) is 0.766. The van der Waals surface area contributed by atoms with Crippen LogP contribution in [-0.2, 0) is 14.3 Å². The largest absolute Gasteiger partial charge is 0.435 e. The summed E-state index contributed by atoms with van der Waals surface area (Å²) in [6.45, 7) is 6.38. The van der Waals surface area contributed by atoms with Gasteiger partial charge < -0.3 is 9.47 Å². The lowest BCUT2D eigenvalue weighted by Crippen LogP contribution is -2.42. The van der Waals surface area contributed by atoms with E-state index in [2.05, 4.69) is 0 Å². The molecule has 1 aliphatic rings. The fourth-order valence-electron chi connectivity index (χ4n) is 1.82. The Labute approximate surface area is 102 Å². The van der Waals surface area contributed by atoms with Gasteiger partial charge in [0.2, 0.25) is 6.29 Å². The fraction of sp³-hybridized carbons (Fsp3) is 0.500. The standard InChI is InChI=1S/C14H18O3/c1-14(2,3)13-16-9-11(12(15)17-13)10-7-5-4-6-8-10/h4-8,11,13H,9H2,1-3H3/t11-,13-/m1/s1. The van der Waals surface area contributed by atoms with E-state index in [1.165, 1.54) is 0 Å². The van der Waals surface area contributed by atoms with Gasteiger partial charge in [0.05, 0.1) is 6.61 Å². The Morgan fingerprint density at radius 2 is 1.82 bits per heavy atom. The lowest BCUT2D eigenvalue weighted by Gasteiger charge is -2.35. The van der Waals surface area contributed by atoms with E-state index in [-0.39, 0.29) is 17.3 Å². The molecule has 0 unspecified atom stereocenters. The van der Waals surface area contributed by atoms with Crippen molar-refractivity contribution in [2.45, 2.75) is 33.0 Å². The van der Waals surface area contributed by atoms with E-state index in [0.717, 1.165) is 5.56 Å². The van der Waals surface area contributed by atoms with Crippen molar-refractivity contribution in [2.24, 2.45) is 5.41 Å². The summed E-state index contributed by atoms with van der Waals surface area (Å²) in [6.07, 6.45) is -0.449. The lowest BCUT2D eigenvalue weighted by atomic mass is 9.93. The molecule has 1 aromatic carbocycles. The summed E-state index contributed by atoms with van der Waals surface area (Å²) in [7, 11) is 0. The van der Waals surface area contributed by atoms with E-state index in [4.69, 9.17) is 9.47 Å². The van der Waals surface area contributed by atoms with Gasteiger partial charge in [0, 0.05) is 5.41 Å². The van der Waals surface area contributed by atoms with Crippen LogP contribution in [0.3, 0.4) is 0 Å². The maximum absolute atomic E-state index is 11.9. The highest BCUT2D eigenvalue weighted by molar-refractivity contribution is 5.79. The van der Waals surface area contributed by atoms with Crippen LogP contribution < -0.4 is 0 Å². The van der Waals surface area contributed by atoms with Crippen LogP contribution in [0, 0.1) is 5.41 Å². The Bertz CT molecular complexity index is 392. The topological polar surface area (TPSA) is 35.5 Å². The molecule has 2 rings (SSSR count). The molecule has 0 saturated carbocycles. The van der Waals surface area contributed by atoms with Crippen molar-refractivity contribution < 1.29 is 14.3 Å². The first-order valence-electron chi connectivity index (χ1n) is 5.85. The zero-order valence-electron chi connectivity index (χ0n) is 10.5. The minimum atomic E-state index is -0.449. The molecule has 0 aromatic heterocycles. The van der Waals surface area contributed by atoms with Gasteiger partial charge in [0.15, 0.2) is 0 Å². The van der Waals surface area contributed by atoms with Gasteiger partial charge in [-0.3, -0.25) is 4.79 Å². The first-order valence-corrected chi connectivity index (χ1v) is 5.85. The summed E-state index contributed by atoms with van der Waals surface area (Å²) in [5.74, 6) is -0.489. The van der Waals surface area contributed by atoms with Crippen molar-refractivity contribution in [2.75, 3.05) is 6.61 Å². The van der Waals surface area contributed by atoms with Gasteiger partial charge in [-0.15, -0.1) is 0 Å². The summed E-state index contributed by atoms with van der Waals surface area (Å²) >= 11 is 0. The van der Waals surface area contributed by atoms with Gasteiger partial charge in [-0.05, 0) is 5.56 Å². The number of esters is 1. The van der Waals surface area contributed by atoms with E-state index >= 15 is 0 Å². The Hall–Kier alpha value is -1.35. The summed E-state index contributed by atoms with van der Waals surface area (Å²) in [4.78, 5) is 11.9. The zero-order chi connectivity index (χ0) is 12.5. The van der Waals surface area contributed by atoms with Crippen LogP contribution in [0.4, 0.5) is 0 Å². The second-order valence-electron chi connectivity index (χ2n) is 5.43. The normalized spacial score (nSPS) is 25.5. The molecular weight excluding hydrogens is 216 g/mol. The second kappa shape index (κ2) is 4.49. The Kier molecular flexibility index (Phi) is 3.20. The number of cyclic esters (lactones) is 1. The fourth-order valence-corrected chi connectivity index (χ4v) is 1.82. The second-order valence-corrected chi connectivity index (χ2v) is 5.43. The number of carbonyl (C=O) groups excluding carboxylic acids is 1. The third kappa shape index (κ3) is 2.67. The number of rotatable bonds is 1. The van der Waals surface area contributed by atoms with Gasteiger partial charge in [-0.25, -0.2) is 0 Å². The first kappa shape index (κ1) is 12.1. The quantitative estimate of drug-likeness (QED) is 0.701. The average Bonchev–Trinajstić information content (AvgIpc) is 2.29. The van der Waals surface area contributed by atoms with E-state index < -0.39 is 6.29 Å². The molecule has 3 heteroatoms. The molecule has 0 spiro atoms. The minimum Gasteiger partial charge on any atom is -0.435 e. The van der Waals surface area contributed by atoms with Crippen molar-refractivity contribution in [1.29, 1.82) is 0 Å². The highest BCUT2D eigenvalue weighted by Crippen LogP contribution is 2.31. The monoisotopic (exact) mass is 234 g/mol. The lowest BCUT2D eigenvalue weighted by molar-refractivity contribution is -0.227. The third-order valence-electron chi connectivity index (χ3n) is 2.83. The number of hydrogen-bond donors (Lipinski definition) is 0. The highest BCUT2D eigenvalue weighted by Gasteiger charge is 2.37. The van der Waals surface area contributed by atoms with Crippen molar-refractivity contribution in [3.63, 3.8) is 0 Å². The third-order valence-corrected chi connectivity index (χ3v) is 2.83. The molecule has 1 heterocycles. The number of carbonyl (C=O) groups is 1. The number of ether oxygens (including phenoxy) is 2. The van der Waals surface area contributed by atoms with Crippen molar-refractivity contribution >= 4 is 5.97 Å². The van der Waals surface area contributed by atoms with Crippen LogP contribution in [0.2, 0.25) is 0 Å². The van der Waals surface area contributed by atoms with Crippen LogP contribution in [0.15, 0.2) is 30.3 Å². The van der Waals surface area contributed by atoms with Crippen LogP contribution >= 0.6 is 0 Å². The van der Waals surface area contributed by atoms with Crippen LogP contribution in [0.5, 0.6) is 0 Å². The number of benzene rings is 1. The van der Waals surface area contributed by atoms with E-state index in [0.29, 0.717) is 6.61 Å². The number of hydrogen-bond acceptors (Lipinski definition) is 3. The van der Waals surface area contributed by atoms with Gasteiger partial charge in [0.1, 0.15) is 5.92 Å². The molecule has 0 amide bonds. The molecule has 0 radical (unpaired) electrons. The first-order chi connectivity index (χ1) is 7.98. The van der Waals surface area contributed by atoms with Gasteiger partial charge in [-0.2, -0.15) is 0 Å². The smallest absolute Gasteiger partial charge is 0.318 e. The van der Waals surface area contributed by atoms with Gasteiger partial charge >= 0.3 is 5.97 Å². The predicted molar refractivity (Wildman–Crippen MR) is 64.5 cm³/mol. The van der Waals surface area contributed by atoms with Gasteiger partial charge in [0.25, 0.3) is 0 Å². The Morgan fingerprint density at radius 1 is 1.18 bits per heavy atom. The van der Waals surface area contributed by atoms with Crippen molar-refractivity contribution in [3.8, 4) is 0 Å². The average molecular weight is 234 g/mol. The van der Waals surface area contributed by atoms with Crippen LogP contribution in [-0.4, -0.2) is 18.9 Å². The Morgan fingerprint density at radius 3 is 2.35 bits per heavy atom. The molecule has 0 N–H and O–H groups in total. The molecule has 1 saturated heterocycles. The predicted octanol–water partition coefficient (Wildman–Crippen LogP) is 2.72. The Balaban J connectivity index is 2.10. The maximum atomic E-state index is 11.9. The highest BCUT2D eigenvalue weighted by atomic mass is 16.7. The van der Waals surface area contributed by atoms with Crippen molar-refractivity contribution in [1.82, 2.24) is 0 Å². The molecule has 1 aliphatic heterocycles. The molecule has 3 nitrogen and oxygen atoms in total. The zero-order valence-corrected chi connectivity index (χ0v) is 10.5. The van der Waals surface area contributed by atoms with Crippen molar-refractivity contribution in [3.05, 3.63) is 35.9 Å². The van der Waals surface area contributed by atoms with E-state index in [1.807, 2.05) is 51.1 Å². The minimum absolute atomic E-state index is 0.183. The van der Waals surface area contributed by atoms with E-state index in [9.17, 15) is 4.79 Å². The molecule has 0 bridgehead atoms. The van der Waals surface area contributed by atoms with Crippen LogP contribution in [0.25, 0.3) is 0 Å². The summed E-state index contributed by atoms with van der Waals surface area (Å²) < 4.78 is 11.0. The molecule has 17 heavy (non-hydrogen) atoms. The van der Waals surface area contributed by atoms with Crippen LogP contribution in [0.1, 0.15) is 32.3 Å². The van der Waals surface area contributed by atoms with E-state index in [1.54, 1.807) is 0 Å². The molecule has 92 valence electrons.